The fraction of sp³-hybridized carbons (Fsp3) is 0.450. The monoisotopic (exact) mass is 743 g/mol. The summed E-state index contributed by atoms with van der Waals surface area (Å²) in [7, 11) is -3.38. The molecule has 3 aliphatic rings. The van der Waals surface area contributed by atoms with Gasteiger partial charge in [0.2, 0.25) is 14.3 Å². The van der Waals surface area contributed by atoms with Gasteiger partial charge >= 0.3 is 0 Å². The van der Waals surface area contributed by atoms with Crippen molar-refractivity contribution in [1.82, 2.24) is 15.0 Å². The minimum absolute atomic E-state index is 0.110. The number of nitrogens with zero attached hydrogens (tertiary/aromatic N) is 5. The van der Waals surface area contributed by atoms with Crippen LogP contribution >= 0.6 is 11.6 Å². The highest BCUT2D eigenvalue weighted by Crippen LogP contribution is 2.60. The Balaban J connectivity index is 1.14. The topological polar surface area (TPSA) is 101 Å². The van der Waals surface area contributed by atoms with Gasteiger partial charge in [-0.2, -0.15) is 0 Å². The van der Waals surface area contributed by atoms with Crippen molar-refractivity contribution in [2.24, 2.45) is 5.92 Å². The van der Waals surface area contributed by atoms with E-state index < -0.39 is 31.6 Å². The summed E-state index contributed by atoms with van der Waals surface area (Å²) in [6.45, 7) is 6.62. The predicted molar refractivity (Wildman–Crippen MR) is 203 cm³/mol. The lowest BCUT2D eigenvalue weighted by molar-refractivity contribution is -0.146. The average Bonchev–Trinajstić information content (AvgIpc) is 3.77. The summed E-state index contributed by atoms with van der Waals surface area (Å²) in [5.74, 6) is -0.839. The maximum atomic E-state index is 16.4. The Morgan fingerprint density at radius 3 is 2.52 bits per heavy atom. The molecule has 0 bridgehead atoms. The quantitative estimate of drug-likeness (QED) is 0.132. The molecular weight excluding hydrogens is 697 g/mol. The zero-order valence-electron chi connectivity index (χ0n) is 30.0. The Labute approximate surface area is 310 Å². The summed E-state index contributed by atoms with van der Waals surface area (Å²) >= 11 is 6.58. The van der Waals surface area contributed by atoms with Crippen molar-refractivity contribution in [3.8, 4) is 0 Å². The van der Waals surface area contributed by atoms with Crippen LogP contribution in [0, 0.1) is 5.92 Å². The molecule has 0 radical (unpaired) electrons. The van der Waals surface area contributed by atoms with Crippen molar-refractivity contribution in [3.05, 3.63) is 106 Å². The molecule has 5 atom stereocenters. The number of aliphatic hydroxyl groups is 1. The molecule has 1 spiro atoms. The Morgan fingerprint density at radius 2 is 1.79 bits per heavy atom. The second-order valence-electron chi connectivity index (χ2n) is 15.0. The first-order chi connectivity index (χ1) is 25.0. The van der Waals surface area contributed by atoms with E-state index in [0.29, 0.717) is 54.4 Å². The molecule has 2 amide bonds. The number of carbonyl (C=O) groups excluding carboxylic acids is 2. The molecule has 4 heterocycles. The van der Waals surface area contributed by atoms with E-state index in [1.165, 1.54) is 0 Å². The highest BCUT2D eigenvalue weighted by atomic mass is 35.5. The van der Waals surface area contributed by atoms with Crippen LogP contribution < -0.4 is 9.80 Å². The number of rotatable bonds is 10. The van der Waals surface area contributed by atoms with Gasteiger partial charge in [-0.1, -0.05) is 79.0 Å². The van der Waals surface area contributed by atoms with Gasteiger partial charge < -0.3 is 23.8 Å². The van der Waals surface area contributed by atoms with Crippen molar-refractivity contribution < 1.29 is 23.5 Å². The van der Waals surface area contributed by atoms with Crippen molar-refractivity contribution in [2.75, 3.05) is 23.0 Å². The van der Waals surface area contributed by atoms with Crippen LogP contribution in [0.25, 0.3) is 0 Å². The van der Waals surface area contributed by atoms with Crippen molar-refractivity contribution in [1.29, 1.82) is 0 Å². The van der Waals surface area contributed by atoms with Gasteiger partial charge in [-0.05, 0) is 73.8 Å². The number of carbonyl (C=O) groups is 2. The summed E-state index contributed by atoms with van der Waals surface area (Å²) in [5, 5.41) is 19.3. The van der Waals surface area contributed by atoms with Gasteiger partial charge in [0, 0.05) is 53.4 Å². The molecule has 12 heteroatoms. The van der Waals surface area contributed by atoms with Crippen LogP contribution in [0.1, 0.15) is 73.8 Å². The van der Waals surface area contributed by atoms with Gasteiger partial charge in [0.15, 0.2) is 5.60 Å². The summed E-state index contributed by atoms with van der Waals surface area (Å²) in [6, 6.07) is 23.0. The molecule has 52 heavy (non-hydrogen) atoms. The number of halogens is 2. The number of hydrogen-bond acceptors (Lipinski definition) is 6. The second-order valence-corrected chi connectivity index (χ2v) is 19.3. The lowest BCUT2D eigenvalue weighted by atomic mass is 9.82. The fourth-order valence-electron chi connectivity index (χ4n) is 8.74. The van der Waals surface area contributed by atoms with E-state index in [9.17, 15) is 14.7 Å². The summed E-state index contributed by atoms with van der Waals surface area (Å²) < 4.78 is 25.0. The van der Waals surface area contributed by atoms with E-state index in [4.69, 9.17) is 16.3 Å². The number of aliphatic hydroxyl groups excluding tert-OH is 1. The molecule has 0 aliphatic carbocycles. The van der Waals surface area contributed by atoms with Gasteiger partial charge in [0.25, 0.3) is 5.91 Å². The molecular formula is C40H47ClFN5O4Si. The summed E-state index contributed by atoms with van der Waals surface area (Å²) in [4.78, 5) is 31.3. The number of fused-ring (bicyclic) bond motifs is 2. The Kier molecular flexibility index (Phi) is 10.4. The third-order valence-corrected chi connectivity index (χ3v) is 14.0. The lowest BCUT2D eigenvalue weighted by Gasteiger charge is -2.31. The molecule has 1 N–H and O–H groups in total. The number of benzene rings is 3. The number of aryl methyl sites for hydroxylation is 1. The maximum Gasteiger partial charge on any atom is 0.264 e. The number of aromatic nitrogens is 3. The molecule has 3 aromatic carbocycles. The standard InChI is InChI=1S/C40H47ClFN5O4Si/c1-27-38(52(2,3)42)36(20-22-45-25-34(43-44-45)32(26-48)29-11-7-6-8-12-29)51-40(27)33-23-30(41)16-19-35(33)47(39(40)50)24-28-14-17-31(18-15-28)46-21-10-5-4-9-13-37(46)49/h6-8,11-12,14-19,23,25,27,32,36,38,48H,4-5,9-10,13,20-22,24,26H2,1-3H3/t27-,32?,36+,38-,40+/m0/s1. The third-order valence-electron chi connectivity index (χ3n) is 11.3. The molecule has 2 fully saturated rings. The zero-order valence-corrected chi connectivity index (χ0v) is 31.8. The minimum atomic E-state index is -3.38. The molecule has 274 valence electrons. The largest absolute Gasteiger partial charge is 0.395 e. The first kappa shape index (κ1) is 36.5. The fourth-order valence-corrected chi connectivity index (χ4v) is 11.5. The first-order valence-corrected chi connectivity index (χ1v) is 21.8. The molecule has 2 saturated heterocycles. The molecule has 1 unspecified atom stereocenters. The van der Waals surface area contributed by atoms with Crippen molar-refractivity contribution in [2.45, 2.75) is 94.8 Å². The maximum absolute atomic E-state index is 16.4. The van der Waals surface area contributed by atoms with Gasteiger partial charge in [0.1, 0.15) is 0 Å². The van der Waals surface area contributed by atoms with Crippen LogP contribution in [0.5, 0.6) is 0 Å². The van der Waals surface area contributed by atoms with Crippen LogP contribution in [-0.2, 0) is 33.0 Å². The Hall–Kier alpha value is -3.90. The number of anilines is 2. The highest BCUT2D eigenvalue weighted by Gasteiger charge is 2.66. The predicted octanol–water partition coefficient (Wildman–Crippen LogP) is 7.76. The van der Waals surface area contributed by atoms with Crippen LogP contribution in [0.4, 0.5) is 15.5 Å². The summed E-state index contributed by atoms with van der Waals surface area (Å²) in [6.07, 6.45) is 6.36. The normalized spacial score (nSPS) is 24.3. The third kappa shape index (κ3) is 6.84. The molecule has 1 aromatic heterocycles. The van der Waals surface area contributed by atoms with Crippen LogP contribution in [-0.4, -0.2) is 59.6 Å². The second kappa shape index (κ2) is 14.8. The SMILES string of the molecule is C[C@H]1[C@H]([Si](C)(C)F)[C@@H](CCn2cc(C(CO)c3ccccc3)nn2)O[C@]12C(=O)N(Cc1ccc(N3CCCCCCC3=O)cc1)c1ccc(Cl)cc12. The average molecular weight is 744 g/mol. The van der Waals surface area contributed by atoms with E-state index in [0.717, 1.165) is 42.5 Å². The highest BCUT2D eigenvalue weighted by molar-refractivity contribution is 6.72. The molecule has 7 rings (SSSR count). The number of hydrogen-bond donors (Lipinski definition) is 1. The van der Waals surface area contributed by atoms with E-state index in [-0.39, 0.29) is 24.3 Å². The molecule has 9 nitrogen and oxygen atoms in total. The smallest absolute Gasteiger partial charge is 0.264 e. The van der Waals surface area contributed by atoms with Crippen molar-refractivity contribution in [3.63, 3.8) is 0 Å². The zero-order chi connectivity index (χ0) is 36.6. The van der Waals surface area contributed by atoms with Gasteiger partial charge in [-0.25, -0.2) is 0 Å². The van der Waals surface area contributed by atoms with E-state index >= 15 is 4.11 Å². The van der Waals surface area contributed by atoms with Crippen molar-refractivity contribution >= 4 is 43.2 Å². The molecule has 3 aliphatic heterocycles. The van der Waals surface area contributed by atoms with Crippen LogP contribution in [0.2, 0.25) is 23.7 Å². The first-order valence-electron chi connectivity index (χ1n) is 18.4. The number of ether oxygens (including phenoxy) is 1. The van der Waals surface area contributed by atoms with Crippen LogP contribution in [0.15, 0.2) is 79.0 Å². The van der Waals surface area contributed by atoms with Gasteiger partial charge in [0.05, 0.1) is 36.6 Å². The van der Waals surface area contributed by atoms with E-state index in [2.05, 4.69) is 10.3 Å². The van der Waals surface area contributed by atoms with Crippen LogP contribution in [0.3, 0.4) is 0 Å². The number of amides is 2. The molecule has 4 aromatic rings. The summed E-state index contributed by atoms with van der Waals surface area (Å²) in [5.41, 5.74) is 2.87. The van der Waals surface area contributed by atoms with E-state index in [1.54, 1.807) is 34.8 Å². The minimum Gasteiger partial charge on any atom is -0.395 e. The Morgan fingerprint density at radius 1 is 1.04 bits per heavy atom. The Bertz CT molecular complexity index is 1900. The molecule has 0 saturated carbocycles. The van der Waals surface area contributed by atoms with Gasteiger partial charge in [-0.15, -0.1) is 5.10 Å². The van der Waals surface area contributed by atoms with Gasteiger partial charge in [-0.3, -0.25) is 14.3 Å². The van der Waals surface area contributed by atoms with E-state index in [1.807, 2.05) is 78.7 Å². The lowest BCUT2D eigenvalue weighted by Crippen LogP contribution is -2.45.